The van der Waals surface area contributed by atoms with Crippen LogP contribution < -0.4 is 14.8 Å². The summed E-state index contributed by atoms with van der Waals surface area (Å²) in [4.78, 5) is 12.1. The molecule has 2 heterocycles. The van der Waals surface area contributed by atoms with Gasteiger partial charge in [0.1, 0.15) is 17.3 Å². The maximum Gasteiger partial charge on any atom is 0.230 e. The Morgan fingerprint density at radius 3 is 2.73 bits per heavy atom. The van der Waals surface area contributed by atoms with Gasteiger partial charge in [0.05, 0.1) is 25.7 Å². The fraction of sp³-hybridized carbons (Fsp3) is 0.286. The van der Waals surface area contributed by atoms with Crippen LogP contribution in [0.5, 0.6) is 11.5 Å². The van der Waals surface area contributed by atoms with E-state index in [1.807, 2.05) is 41.8 Å². The summed E-state index contributed by atoms with van der Waals surface area (Å²) in [5, 5.41) is 12.0. The Kier molecular flexibility index (Phi) is 7.56. The van der Waals surface area contributed by atoms with Gasteiger partial charge in [0.2, 0.25) is 5.91 Å². The lowest BCUT2D eigenvalue weighted by molar-refractivity contribution is -0.118. The Labute approximate surface area is 179 Å². The molecule has 0 saturated carbocycles. The standard InChI is InChI=1S/C21H24N4O4S/c1-4-11-25-20(15(2)29-17-9-7-16(27-3)8-10-17)23-24-21(25)30-14-19(26)22-13-18-6-5-12-28-18/h4-10,12,15H,1,11,13-14H2,2-3H3,(H,22,26). The number of amides is 1. The van der Waals surface area contributed by atoms with E-state index in [9.17, 15) is 4.79 Å². The summed E-state index contributed by atoms with van der Waals surface area (Å²) >= 11 is 1.31. The molecule has 30 heavy (non-hydrogen) atoms. The van der Waals surface area contributed by atoms with Crippen molar-refractivity contribution in [1.29, 1.82) is 0 Å². The number of aromatic nitrogens is 3. The second-order valence-electron chi connectivity index (χ2n) is 6.32. The third-order valence-electron chi connectivity index (χ3n) is 4.17. The van der Waals surface area contributed by atoms with Gasteiger partial charge in [-0.15, -0.1) is 16.8 Å². The van der Waals surface area contributed by atoms with Gasteiger partial charge in [0.15, 0.2) is 17.1 Å². The number of carbonyl (C=O) groups excluding carboxylic acids is 1. The number of allylic oxidation sites excluding steroid dienone is 1. The monoisotopic (exact) mass is 428 g/mol. The van der Waals surface area contributed by atoms with Gasteiger partial charge in [-0.2, -0.15) is 0 Å². The summed E-state index contributed by atoms with van der Waals surface area (Å²) in [6, 6.07) is 10.9. The van der Waals surface area contributed by atoms with Crippen molar-refractivity contribution >= 4 is 17.7 Å². The van der Waals surface area contributed by atoms with Crippen LogP contribution in [0.1, 0.15) is 24.6 Å². The maximum atomic E-state index is 12.1. The van der Waals surface area contributed by atoms with Gasteiger partial charge in [0, 0.05) is 6.54 Å². The molecule has 0 fully saturated rings. The lowest BCUT2D eigenvalue weighted by Crippen LogP contribution is -2.24. The van der Waals surface area contributed by atoms with Crippen molar-refractivity contribution in [3.05, 3.63) is 66.9 Å². The number of methoxy groups -OCH3 is 1. The number of benzene rings is 1. The first kappa shape index (κ1) is 21.5. The van der Waals surface area contributed by atoms with Crippen molar-refractivity contribution in [2.24, 2.45) is 0 Å². The Morgan fingerprint density at radius 2 is 2.07 bits per heavy atom. The van der Waals surface area contributed by atoms with E-state index < -0.39 is 0 Å². The SMILES string of the molecule is C=CCn1c(SCC(=O)NCc2ccco2)nnc1C(C)Oc1ccc(OC)cc1. The molecular weight excluding hydrogens is 404 g/mol. The highest BCUT2D eigenvalue weighted by molar-refractivity contribution is 7.99. The highest BCUT2D eigenvalue weighted by atomic mass is 32.2. The molecule has 1 aromatic carbocycles. The molecule has 8 nitrogen and oxygen atoms in total. The molecule has 1 N–H and O–H groups in total. The number of hydrogen-bond acceptors (Lipinski definition) is 7. The average molecular weight is 429 g/mol. The highest BCUT2D eigenvalue weighted by Gasteiger charge is 2.20. The molecule has 0 saturated heterocycles. The van der Waals surface area contributed by atoms with Gasteiger partial charge in [0.25, 0.3) is 0 Å². The topological polar surface area (TPSA) is 91.4 Å². The van der Waals surface area contributed by atoms with Crippen molar-refractivity contribution in [3.63, 3.8) is 0 Å². The predicted molar refractivity (Wildman–Crippen MR) is 114 cm³/mol. The Bertz CT molecular complexity index is 954. The lowest BCUT2D eigenvalue weighted by atomic mass is 10.3. The summed E-state index contributed by atoms with van der Waals surface area (Å²) in [6.07, 6.45) is 2.99. The van der Waals surface area contributed by atoms with E-state index in [1.54, 1.807) is 25.5 Å². The third kappa shape index (κ3) is 5.66. The number of hydrogen-bond donors (Lipinski definition) is 1. The van der Waals surface area contributed by atoms with Crippen LogP contribution in [0.2, 0.25) is 0 Å². The fourth-order valence-corrected chi connectivity index (χ4v) is 3.48. The fourth-order valence-electron chi connectivity index (χ4n) is 2.70. The number of nitrogens with zero attached hydrogens (tertiary/aromatic N) is 3. The summed E-state index contributed by atoms with van der Waals surface area (Å²) in [5.41, 5.74) is 0. The molecule has 0 spiro atoms. The Balaban J connectivity index is 1.61. The summed E-state index contributed by atoms with van der Waals surface area (Å²) in [6.45, 7) is 6.56. The van der Waals surface area contributed by atoms with Crippen LogP contribution in [0.3, 0.4) is 0 Å². The van der Waals surface area contributed by atoms with Gasteiger partial charge in [-0.1, -0.05) is 17.8 Å². The average Bonchev–Trinajstić information content (AvgIpc) is 3.41. The molecule has 1 unspecified atom stereocenters. The first-order valence-corrected chi connectivity index (χ1v) is 10.4. The predicted octanol–water partition coefficient (Wildman–Crippen LogP) is 3.61. The van der Waals surface area contributed by atoms with Crippen LogP contribution in [-0.2, 0) is 17.9 Å². The van der Waals surface area contributed by atoms with Gasteiger partial charge >= 0.3 is 0 Å². The first-order chi connectivity index (χ1) is 14.6. The molecule has 3 rings (SSSR count). The Hall–Kier alpha value is -3.20. The van der Waals surface area contributed by atoms with Crippen LogP contribution in [0.4, 0.5) is 0 Å². The van der Waals surface area contributed by atoms with Crippen molar-refractivity contribution in [2.45, 2.75) is 31.3 Å². The number of furan rings is 1. The molecule has 9 heteroatoms. The normalized spacial score (nSPS) is 11.7. The molecule has 3 aromatic rings. The zero-order valence-electron chi connectivity index (χ0n) is 16.9. The molecule has 1 amide bonds. The Morgan fingerprint density at radius 1 is 1.30 bits per heavy atom. The summed E-state index contributed by atoms with van der Waals surface area (Å²) in [7, 11) is 1.62. The summed E-state index contributed by atoms with van der Waals surface area (Å²) in [5.74, 6) is 2.91. The first-order valence-electron chi connectivity index (χ1n) is 9.37. The number of nitrogens with one attached hydrogen (secondary N) is 1. The molecule has 0 aliphatic carbocycles. The smallest absolute Gasteiger partial charge is 0.230 e. The lowest BCUT2D eigenvalue weighted by Gasteiger charge is -2.16. The van der Waals surface area contributed by atoms with E-state index in [0.717, 1.165) is 5.75 Å². The minimum Gasteiger partial charge on any atom is -0.497 e. The minimum absolute atomic E-state index is 0.117. The quantitative estimate of drug-likeness (QED) is 0.368. The van der Waals surface area contributed by atoms with Crippen molar-refractivity contribution in [1.82, 2.24) is 20.1 Å². The minimum atomic E-state index is -0.340. The van der Waals surface area contributed by atoms with E-state index >= 15 is 0 Å². The van der Waals surface area contributed by atoms with Crippen LogP contribution in [-0.4, -0.2) is 33.5 Å². The molecule has 0 aliphatic rings. The van der Waals surface area contributed by atoms with E-state index in [-0.39, 0.29) is 17.8 Å². The van der Waals surface area contributed by atoms with Crippen molar-refractivity contribution in [3.8, 4) is 11.5 Å². The molecule has 0 aliphatic heterocycles. The van der Waals surface area contributed by atoms with Gasteiger partial charge in [-0.25, -0.2) is 0 Å². The van der Waals surface area contributed by atoms with Gasteiger partial charge < -0.3 is 19.2 Å². The van der Waals surface area contributed by atoms with E-state index in [1.165, 1.54) is 11.8 Å². The number of thioether (sulfide) groups is 1. The number of rotatable bonds is 11. The van der Waals surface area contributed by atoms with Gasteiger partial charge in [-0.05, 0) is 43.3 Å². The third-order valence-corrected chi connectivity index (χ3v) is 5.13. The second kappa shape index (κ2) is 10.5. The van der Waals surface area contributed by atoms with Crippen molar-refractivity contribution < 1.29 is 18.7 Å². The highest BCUT2D eigenvalue weighted by Crippen LogP contribution is 2.26. The molecule has 0 bridgehead atoms. The van der Waals surface area contributed by atoms with E-state index in [2.05, 4.69) is 22.1 Å². The zero-order valence-corrected chi connectivity index (χ0v) is 17.7. The molecular formula is C21H24N4O4S. The van der Waals surface area contributed by atoms with Crippen LogP contribution >= 0.6 is 11.8 Å². The van der Waals surface area contributed by atoms with Crippen molar-refractivity contribution in [2.75, 3.05) is 12.9 Å². The molecule has 1 atom stereocenters. The van der Waals surface area contributed by atoms with Crippen LogP contribution in [0, 0.1) is 0 Å². The number of carbonyl (C=O) groups is 1. The number of ether oxygens (including phenoxy) is 2. The largest absolute Gasteiger partial charge is 0.497 e. The van der Waals surface area contributed by atoms with E-state index in [0.29, 0.717) is 35.6 Å². The maximum absolute atomic E-state index is 12.1. The summed E-state index contributed by atoms with van der Waals surface area (Å²) < 4.78 is 18.3. The van der Waals surface area contributed by atoms with Crippen LogP contribution in [0.15, 0.2) is 64.9 Å². The molecule has 158 valence electrons. The van der Waals surface area contributed by atoms with Gasteiger partial charge in [-0.3, -0.25) is 9.36 Å². The van der Waals surface area contributed by atoms with Crippen LogP contribution in [0.25, 0.3) is 0 Å². The molecule has 0 radical (unpaired) electrons. The molecule has 2 aromatic heterocycles. The second-order valence-corrected chi connectivity index (χ2v) is 7.26. The zero-order chi connectivity index (χ0) is 21.3. The van der Waals surface area contributed by atoms with E-state index in [4.69, 9.17) is 13.9 Å².